The van der Waals surface area contributed by atoms with Gasteiger partial charge in [-0.15, -0.1) is 0 Å². The van der Waals surface area contributed by atoms with Crippen LogP contribution in [0.5, 0.6) is 0 Å². The number of hydrogen-bond donors (Lipinski definition) is 0. The lowest BCUT2D eigenvalue weighted by molar-refractivity contribution is -0.0804. The van der Waals surface area contributed by atoms with Crippen molar-refractivity contribution in [2.24, 2.45) is 60.6 Å². The lowest BCUT2D eigenvalue weighted by atomic mass is 9.48. The Morgan fingerprint density at radius 2 is 0.750 bits per heavy atom. The highest BCUT2D eigenvalue weighted by molar-refractivity contribution is 5.10. The second-order valence-electron chi connectivity index (χ2n) is 21.3. The van der Waals surface area contributed by atoms with E-state index in [1.807, 2.05) is 0 Å². The zero-order valence-corrected chi connectivity index (χ0v) is 31.4. The Hall–Kier alpha value is 0. The first kappa shape index (κ1) is 36.2. The largest absolute Gasteiger partial charge is 0.0596 e. The lowest BCUT2D eigenvalue weighted by Crippen LogP contribution is -2.49. The van der Waals surface area contributed by atoms with Crippen molar-refractivity contribution in [1.29, 1.82) is 0 Å². The molecule has 0 heteroatoms. The maximum atomic E-state index is 2.47. The predicted octanol–water partition coefficient (Wildman–Crippen LogP) is 13.8. The minimum absolute atomic E-state index is 0.450. The molecule has 0 unspecified atom stereocenters. The van der Waals surface area contributed by atoms with Crippen molar-refractivity contribution in [1.82, 2.24) is 0 Å². The molecule has 0 amide bonds. The highest BCUT2D eigenvalue weighted by atomic mass is 14.7. The van der Waals surface area contributed by atoms with E-state index in [9.17, 15) is 0 Å². The second-order valence-corrected chi connectivity index (χ2v) is 21.3. The van der Waals surface area contributed by atoms with Crippen LogP contribution in [0.1, 0.15) is 195 Å². The maximum absolute atomic E-state index is 2.47. The van der Waals surface area contributed by atoms with E-state index in [0.717, 1.165) is 11.8 Å². The molecule has 238 valence electrons. The summed E-state index contributed by atoms with van der Waals surface area (Å²) in [4.78, 5) is 0. The fourth-order valence-electron chi connectivity index (χ4n) is 11.8. The van der Waals surface area contributed by atoms with E-state index in [-0.39, 0.29) is 0 Å². The van der Waals surface area contributed by atoms with E-state index in [0.29, 0.717) is 48.7 Å². The summed E-state index contributed by atoms with van der Waals surface area (Å²) in [5.74, 6) is 2.05. The van der Waals surface area contributed by atoms with Crippen LogP contribution in [0.3, 0.4) is 0 Å². The Morgan fingerprint density at radius 1 is 0.400 bits per heavy atom. The fourth-order valence-corrected chi connectivity index (χ4v) is 11.8. The van der Waals surface area contributed by atoms with Gasteiger partial charge in [0.15, 0.2) is 0 Å². The van der Waals surface area contributed by atoms with E-state index in [1.54, 1.807) is 0 Å². The quantitative estimate of drug-likeness (QED) is 0.277. The summed E-state index contributed by atoms with van der Waals surface area (Å²) in [6.07, 6.45) is 16.1. The monoisotopic (exact) mass is 559 g/mol. The van der Waals surface area contributed by atoms with E-state index >= 15 is 0 Å². The van der Waals surface area contributed by atoms with E-state index in [2.05, 4.69) is 125 Å². The van der Waals surface area contributed by atoms with Gasteiger partial charge in [0.25, 0.3) is 0 Å². The molecular weight excluding hydrogens is 480 g/mol. The van der Waals surface area contributed by atoms with Gasteiger partial charge in [-0.1, -0.05) is 150 Å². The molecule has 4 rings (SSSR count). The van der Waals surface area contributed by atoms with Gasteiger partial charge in [0, 0.05) is 0 Å². The molecule has 0 heterocycles. The highest BCUT2D eigenvalue weighted by Crippen LogP contribution is 2.70. The van der Waals surface area contributed by atoms with Crippen LogP contribution in [0.4, 0.5) is 0 Å². The van der Waals surface area contributed by atoms with Gasteiger partial charge in [0.2, 0.25) is 0 Å². The van der Waals surface area contributed by atoms with Gasteiger partial charge in [-0.3, -0.25) is 0 Å². The van der Waals surface area contributed by atoms with Crippen molar-refractivity contribution in [3.05, 3.63) is 0 Å². The molecule has 2 atom stereocenters. The molecule has 4 fully saturated rings. The Morgan fingerprint density at radius 3 is 0.900 bits per heavy atom. The molecule has 0 aliphatic heterocycles. The van der Waals surface area contributed by atoms with Gasteiger partial charge in [0.05, 0.1) is 0 Å². The molecule has 4 saturated carbocycles. The van der Waals surface area contributed by atoms with Crippen molar-refractivity contribution < 1.29 is 0 Å². The van der Waals surface area contributed by atoms with Crippen molar-refractivity contribution >= 4 is 0 Å². The van der Waals surface area contributed by atoms with Crippen molar-refractivity contribution in [2.45, 2.75) is 195 Å². The lowest BCUT2D eigenvalue weighted by Gasteiger charge is -2.57. The molecule has 0 N–H and O–H groups in total. The van der Waals surface area contributed by atoms with Crippen LogP contribution in [-0.2, 0) is 0 Å². The van der Waals surface area contributed by atoms with Gasteiger partial charge in [0.1, 0.15) is 0 Å². The third kappa shape index (κ3) is 6.57. The molecule has 0 radical (unpaired) electrons. The summed E-state index contributed by atoms with van der Waals surface area (Å²) in [7, 11) is 0. The smallest absolute Gasteiger partial charge is 0.0169 e. The summed E-state index contributed by atoms with van der Waals surface area (Å²) in [6, 6.07) is 0. The SMILES string of the molecule is CC(C)(C)C1(C(C)(C)C)CC1.CC(C)(C)C1(C(C)(C)C)CCCCC1.CC(C)(C)C1(C(C)(C)C)C[C@H]2CC[C@@H]1C2. The summed E-state index contributed by atoms with van der Waals surface area (Å²) < 4.78 is 0. The average molecular weight is 559 g/mol. The van der Waals surface area contributed by atoms with E-state index in [1.165, 1.54) is 70.6 Å². The van der Waals surface area contributed by atoms with Crippen molar-refractivity contribution in [3.63, 3.8) is 0 Å². The first-order chi connectivity index (χ1) is 17.6. The Balaban J connectivity index is 0.000000213. The molecule has 40 heavy (non-hydrogen) atoms. The molecule has 0 aromatic carbocycles. The first-order valence-electron chi connectivity index (χ1n) is 17.6. The van der Waals surface area contributed by atoms with Gasteiger partial charge >= 0.3 is 0 Å². The minimum atomic E-state index is 0.450. The molecule has 0 aromatic heterocycles. The summed E-state index contributed by atoms with van der Waals surface area (Å²) in [6.45, 7) is 43.7. The van der Waals surface area contributed by atoms with Crippen molar-refractivity contribution in [2.75, 3.05) is 0 Å². The van der Waals surface area contributed by atoms with Crippen LogP contribution in [-0.4, -0.2) is 0 Å². The Kier molecular flexibility index (Phi) is 10.1. The zero-order valence-electron chi connectivity index (χ0n) is 31.4. The second kappa shape index (κ2) is 11.2. The normalized spacial score (nSPS) is 27.8. The molecular formula is C40H78. The van der Waals surface area contributed by atoms with Gasteiger partial charge in [-0.25, -0.2) is 0 Å². The number of fused-ring (bicyclic) bond motifs is 2. The Labute approximate surface area is 255 Å². The van der Waals surface area contributed by atoms with E-state index < -0.39 is 0 Å². The summed E-state index contributed by atoms with van der Waals surface area (Å²) in [5, 5.41) is 0. The van der Waals surface area contributed by atoms with Crippen LogP contribution < -0.4 is 0 Å². The summed E-state index contributed by atoms with van der Waals surface area (Å²) >= 11 is 0. The number of rotatable bonds is 0. The Bertz CT molecular complexity index is 754. The zero-order chi connectivity index (χ0) is 31.4. The van der Waals surface area contributed by atoms with Crippen LogP contribution >= 0.6 is 0 Å². The first-order valence-corrected chi connectivity index (χ1v) is 17.6. The molecule has 0 nitrogen and oxygen atoms in total. The molecule has 0 saturated heterocycles. The van der Waals surface area contributed by atoms with Crippen LogP contribution in [0.2, 0.25) is 0 Å². The number of hydrogen-bond acceptors (Lipinski definition) is 0. The molecule has 0 spiro atoms. The minimum Gasteiger partial charge on any atom is -0.0596 e. The molecule has 0 aromatic rings. The molecule has 4 aliphatic rings. The van der Waals surface area contributed by atoms with E-state index in [4.69, 9.17) is 0 Å². The van der Waals surface area contributed by atoms with Crippen LogP contribution in [0, 0.1) is 60.6 Å². The van der Waals surface area contributed by atoms with Crippen molar-refractivity contribution in [3.8, 4) is 0 Å². The van der Waals surface area contributed by atoms with Gasteiger partial charge in [-0.05, 0) is 106 Å². The van der Waals surface area contributed by atoms with Gasteiger partial charge < -0.3 is 0 Å². The van der Waals surface area contributed by atoms with Crippen LogP contribution in [0.15, 0.2) is 0 Å². The summed E-state index contributed by atoms with van der Waals surface area (Å²) in [5.41, 5.74) is 4.57. The maximum Gasteiger partial charge on any atom is -0.0169 e. The van der Waals surface area contributed by atoms with Crippen LogP contribution in [0.25, 0.3) is 0 Å². The molecule has 4 aliphatic carbocycles. The highest BCUT2D eigenvalue weighted by Gasteiger charge is 2.61. The third-order valence-electron chi connectivity index (χ3n) is 13.7. The predicted molar refractivity (Wildman–Crippen MR) is 182 cm³/mol. The molecule has 2 bridgehead atoms. The average Bonchev–Trinajstić information content (AvgIpc) is 3.35. The van der Waals surface area contributed by atoms with Gasteiger partial charge in [-0.2, -0.15) is 0 Å². The standard InChI is InChI=1S/C15H28.C14H28.C11H22/c1-13(2,3)15(14(4,5)6)10-11-7-8-12(15)9-11;1-12(2,3)14(13(4,5)6)10-8-7-9-11-14;1-9(2,3)11(7-8-11)10(4,5)6/h11-12H,7-10H2,1-6H3;7-11H2,1-6H3;7-8H2,1-6H3/t11-,12+;;/m0../s1. The topological polar surface area (TPSA) is 0 Å². The fraction of sp³-hybridized carbons (Fsp3) is 1.00. The third-order valence-corrected chi connectivity index (χ3v) is 13.7.